The van der Waals surface area contributed by atoms with Crippen molar-refractivity contribution in [1.29, 1.82) is 5.26 Å². The molecule has 1 aliphatic carbocycles. The number of nitriles is 1. The van der Waals surface area contributed by atoms with Crippen molar-refractivity contribution in [3.8, 4) is 11.9 Å². The molecule has 3 heterocycles. The number of fused-ring (bicyclic) bond motifs is 1. The summed E-state index contributed by atoms with van der Waals surface area (Å²) >= 11 is 0. The van der Waals surface area contributed by atoms with E-state index in [-0.39, 0.29) is 51.9 Å². The molecule has 0 radical (unpaired) electrons. The zero-order chi connectivity index (χ0) is 22.7. The van der Waals surface area contributed by atoms with E-state index in [1.807, 2.05) is 13.0 Å². The third-order valence-corrected chi connectivity index (χ3v) is 8.41. The Morgan fingerprint density at radius 3 is 2.69 bits per heavy atom. The van der Waals surface area contributed by atoms with Gasteiger partial charge in [0, 0.05) is 30.7 Å². The number of benzene rings is 1. The summed E-state index contributed by atoms with van der Waals surface area (Å²) in [6.45, 7) is 2.80. The van der Waals surface area contributed by atoms with Gasteiger partial charge in [-0.1, -0.05) is 12.1 Å². The maximum atomic E-state index is 14.0. The number of halogens is 1. The van der Waals surface area contributed by atoms with Crippen LogP contribution >= 0.6 is 0 Å². The first kappa shape index (κ1) is 20.8. The molecular weight excluding hydrogens is 435 g/mol. The minimum Gasteiger partial charge on any atom is -0.475 e. The standard InChI is InChI=1S/C22H21FN4O4S/c1-14-11-31-20-17(6-15(9-24)10-25-20)21(28)27(14)16-7-22(8-16)12-26(13-22)32(29,30)19-5-3-2-4-18(19)23/h2-6,10,14,16H,7-8,11-13H2,1H3/t14-/m1/s1. The van der Waals surface area contributed by atoms with Crippen molar-refractivity contribution in [3.63, 3.8) is 0 Å². The number of nitrogens with zero attached hydrogens (tertiary/aromatic N) is 4. The van der Waals surface area contributed by atoms with Crippen molar-refractivity contribution in [2.24, 2.45) is 5.41 Å². The Hall–Kier alpha value is -3.03. The van der Waals surface area contributed by atoms with Crippen LogP contribution in [0.25, 0.3) is 0 Å². The maximum absolute atomic E-state index is 14.0. The SMILES string of the molecule is C[C@@H]1COc2ncc(C#N)cc2C(=O)N1C1CC2(C1)CN(S(=O)(=O)c1ccccc1F)C2. The molecule has 2 aliphatic heterocycles. The van der Waals surface area contributed by atoms with Crippen LogP contribution in [-0.4, -0.2) is 60.3 Å². The normalized spacial score (nSPS) is 22.8. The van der Waals surface area contributed by atoms with Gasteiger partial charge in [0.15, 0.2) is 0 Å². The van der Waals surface area contributed by atoms with Gasteiger partial charge in [0.2, 0.25) is 15.9 Å². The molecule has 1 amide bonds. The van der Waals surface area contributed by atoms with E-state index in [0.29, 0.717) is 25.9 Å². The molecule has 0 unspecified atom stereocenters. The Balaban J connectivity index is 1.30. The molecule has 1 atom stereocenters. The summed E-state index contributed by atoms with van der Waals surface area (Å²) in [6, 6.07) is 8.61. The fourth-order valence-electron chi connectivity index (χ4n) is 4.99. The zero-order valence-corrected chi connectivity index (χ0v) is 18.2. The molecule has 0 bridgehead atoms. The number of ether oxygens (including phenoxy) is 1. The Morgan fingerprint density at radius 2 is 2.00 bits per heavy atom. The van der Waals surface area contributed by atoms with Gasteiger partial charge < -0.3 is 9.64 Å². The van der Waals surface area contributed by atoms with Crippen molar-refractivity contribution in [2.45, 2.75) is 36.7 Å². The lowest BCUT2D eigenvalue weighted by Crippen LogP contribution is -2.68. The van der Waals surface area contributed by atoms with E-state index in [1.165, 1.54) is 34.8 Å². The summed E-state index contributed by atoms with van der Waals surface area (Å²) in [5, 5.41) is 9.15. The third-order valence-electron chi connectivity index (χ3n) is 6.59. The Kier molecular flexibility index (Phi) is 4.72. The van der Waals surface area contributed by atoms with Crippen LogP contribution in [0.4, 0.5) is 4.39 Å². The minimum atomic E-state index is -3.88. The molecule has 1 aromatic carbocycles. The number of hydrogen-bond acceptors (Lipinski definition) is 6. The van der Waals surface area contributed by atoms with Crippen molar-refractivity contribution < 1.29 is 22.3 Å². The fraction of sp³-hybridized carbons (Fsp3) is 0.409. The van der Waals surface area contributed by atoms with E-state index in [4.69, 9.17) is 10.00 Å². The van der Waals surface area contributed by atoms with E-state index in [1.54, 1.807) is 4.90 Å². The van der Waals surface area contributed by atoms with Crippen LogP contribution in [0.5, 0.6) is 5.88 Å². The molecule has 166 valence electrons. The molecule has 3 aliphatic rings. The molecule has 1 saturated carbocycles. The molecule has 2 fully saturated rings. The van der Waals surface area contributed by atoms with Gasteiger partial charge in [0.1, 0.15) is 29.0 Å². The average molecular weight is 456 g/mol. The second kappa shape index (κ2) is 7.25. The van der Waals surface area contributed by atoms with Gasteiger partial charge in [-0.3, -0.25) is 4.79 Å². The van der Waals surface area contributed by atoms with Gasteiger partial charge in [-0.15, -0.1) is 0 Å². The largest absolute Gasteiger partial charge is 0.475 e. The molecular formula is C22H21FN4O4S. The quantitative estimate of drug-likeness (QED) is 0.701. The van der Waals surface area contributed by atoms with Crippen LogP contribution in [0.1, 0.15) is 35.7 Å². The Labute approximate surface area is 185 Å². The predicted molar refractivity (Wildman–Crippen MR) is 111 cm³/mol. The number of hydrogen-bond donors (Lipinski definition) is 0. The first-order valence-corrected chi connectivity index (χ1v) is 11.8. The van der Waals surface area contributed by atoms with E-state index in [9.17, 15) is 17.6 Å². The van der Waals surface area contributed by atoms with E-state index < -0.39 is 15.8 Å². The first-order chi connectivity index (χ1) is 15.2. The first-order valence-electron chi connectivity index (χ1n) is 10.3. The number of carbonyl (C=O) groups excluding carboxylic acids is 1. The monoisotopic (exact) mass is 456 g/mol. The number of aromatic nitrogens is 1. The highest BCUT2D eigenvalue weighted by Crippen LogP contribution is 2.52. The molecule has 10 heteroatoms. The van der Waals surface area contributed by atoms with E-state index in [0.717, 1.165) is 6.07 Å². The highest BCUT2D eigenvalue weighted by atomic mass is 32.2. The summed E-state index contributed by atoms with van der Waals surface area (Å²) in [7, 11) is -3.88. The second-order valence-electron chi connectivity index (χ2n) is 8.83. The van der Waals surface area contributed by atoms with Crippen molar-refractivity contribution in [3.05, 3.63) is 53.5 Å². The Bertz CT molecular complexity index is 1240. The number of amides is 1. The summed E-state index contributed by atoms with van der Waals surface area (Å²) in [5.74, 6) is -0.763. The third kappa shape index (κ3) is 3.15. The smallest absolute Gasteiger partial charge is 0.260 e. The predicted octanol–water partition coefficient (Wildman–Crippen LogP) is 2.17. The summed E-state index contributed by atoms with van der Waals surface area (Å²) in [4.78, 5) is 18.8. The zero-order valence-electron chi connectivity index (χ0n) is 17.4. The van der Waals surface area contributed by atoms with Crippen LogP contribution in [-0.2, 0) is 10.0 Å². The summed E-state index contributed by atoms with van der Waals surface area (Å²) < 4.78 is 46.5. The molecule has 2 aromatic rings. The van der Waals surface area contributed by atoms with Crippen molar-refractivity contribution in [2.75, 3.05) is 19.7 Å². The summed E-state index contributed by atoms with van der Waals surface area (Å²) in [5.41, 5.74) is 0.353. The molecule has 1 spiro atoms. The van der Waals surface area contributed by atoms with Crippen LogP contribution in [0.3, 0.4) is 0 Å². The second-order valence-corrected chi connectivity index (χ2v) is 10.7. The lowest BCUT2D eigenvalue weighted by molar-refractivity contribution is -0.0756. The van der Waals surface area contributed by atoms with Crippen molar-refractivity contribution >= 4 is 15.9 Å². The van der Waals surface area contributed by atoms with Crippen molar-refractivity contribution in [1.82, 2.24) is 14.2 Å². The lowest BCUT2D eigenvalue weighted by atomic mass is 9.61. The number of sulfonamides is 1. The van der Waals surface area contributed by atoms with Gasteiger partial charge >= 0.3 is 0 Å². The molecule has 0 N–H and O–H groups in total. The van der Waals surface area contributed by atoms with Gasteiger partial charge in [0.25, 0.3) is 5.91 Å². The highest BCUT2D eigenvalue weighted by Gasteiger charge is 2.58. The Morgan fingerprint density at radius 1 is 1.28 bits per heavy atom. The van der Waals surface area contributed by atoms with E-state index in [2.05, 4.69) is 4.98 Å². The van der Waals surface area contributed by atoms with Gasteiger partial charge in [-0.2, -0.15) is 9.57 Å². The molecule has 8 nitrogen and oxygen atoms in total. The fourth-order valence-corrected chi connectivity index (χ4v) is 6.72. The van der Waals surface area contributed by atoms with Crippen LogP contribution in [0.15, 0.2) is 41.4 Å². The molecule has 1 aromatic heterocycles. The van der Waals surface area contributed by atoms with E-state index >= 15 is 0 Å². The average Bonchev–Trinajstić information content (AvgIpc) is 2.83. The number of rotatable bonds is 3. The number of carbonyl (C=O) groups is 1. The van der Waals surface area contributed by atoms with Gasteiger partial charge in [0.05, 0.1) is 11.6 Å². The summed E-state index contributed by atoms with van der Waals surface area (Å²) in [6.07, 6.45) is 2.70. The molecule has 32 heavy (non-hydrogen) atoms. The van der Waals surface area contributed by atoms with Gasteiger partial charge in [-0.25, -0.2) is 17.8 Å². The highest BCUT2D eigenvalue weighted by molar-refractivity contribution is 7.89. The lowest BCUT2D eigenvalue weighted by Gasteiger charge is -2.60. The maximum Gasteiger partial charge on any atom is 0.260 e. The minimum absolute atomic E-state index is 0.0592. The number of pyridine rings is 1. The van der Waals surface area contributed by atoms with Crippen LogP contribution in [0, 0.1) is 22.6 Å². The van der Waals surface area contributed by atoms with Crippen LogP contribution < -0.4 is 4.74 Å². The van der Waals surface area contributed by atoms with Crippen LogP contribution in [0.2, 0.25) is 0 Å². The topological polar surface area (TPSA) is 104 Å². The molecule has 1 saturated heterocycles. The molecule has 5 rings (SSSR count). The van der Waals surface area contributed by atoms with Gasteiger partial charge in [-0.05, 0) is 38.0 Å².